The molecule has 0 saturated heterocycles. The summed E-state index contributed by atoms with van der Waals surface area (Å²) in [7, 11) is 0. The fourth-order valence-electron chi connectivity index (χ4n) is 3.82. The van der Waals surface area contributed by atoms with Gasteiger partial charge in [-0.15, -0.1) is 0 Å². The highest BCUT2D eigenvalue weighted by Crippen LogP contribution is 2.34. The van der Waals surface area contributed by atoms with E-state index in [1.807, 2.05) is 121 Å². The van der Waals surface area contributed by atoms with Gasteiger partial charge in [0.2, 0.25) is 10.2 Å². The van der Waals surface area contributed by atoms with E-state index in [1.54, 1.807) is 0 Å². The largest absolute Gasteiger partial charge is 0.286 e. The van der Waals surface area contributed by atoms with E-state index in [9.17, 15) is 9.59 Å². The van der Waals surface area contributed by atoms with Gasteiger partial charge in [-0.2, -0.15) is 0 Å². The number of carbonyl (C=O) groups excluding carboxylic acids is 2. The summed E-state index contributed by atoms with van der Waals surface area (Å²) < 4.78 is 0. The molecule has 0 radical (unpaired) electrons. The molecule has 0 fully saturated rings. The lowest BCUT2D eigenvalue weighted by Gasteiger charge is -2.18. The predicted molar refractivity (Wildman–Crippen MR) is 140 cm³/mol. The Kier molecular flexibility index (Phi) is 8.18. The van der Waals surface area contributed by atoms with Crippen molar-refractivity contribution in [3.63, 3.8) is 0 Å². The first-order valence-corrected chi connectivity index (χ1v) is 12.7. The Morgan fingerprint density at radius 3 is 0.939 bits per heavy atom. The maximum absolute atomic E-state index is 13.3. The van der Waals surface area contributed by atoms with Crippen LogP contribution in [0.1, 0.15) is 34.1 Å². The third-order valence-corrected chi connectivity index (χ3v) is 7.39. The van der Waals surface area contributed by atoms with Gasteiger partial charge in [0.1, 0.15) is 0 Å². The molecule has 164 valence electrons. The van der Waals surface area contributed by atoms with Gasteiger partial charge in [-0.05, 0) is 22.3 Å². The van der Waals surface area contributed by atoms with Crippen LogP contribution >= 0.6 is 23.5 Å². The van der Waals surface area contributed by atoms with Crippen LogP contribution < -0.4 is 0 Å². The van der Waals surface area contributed by atoms with E-state index in [0.717, 1.165) is 22.3 Å². The van der Waals surface area contributed by atoms with Crippen molar-refractivity contribution in [1.29, 1.82) is 0 Å². The molecule has 0 amide bonds. The fourth-order valence-corrected chi connectivity index (χ4v) is 5.87. The number of thioether (sulfide) groups is 2. The molecule has 0 aliphatic carbocycles. The first kappa shape index (κ1) is 23.1. The minimum absolute atomic E-state index is 0.0451. The maximum atomic E-state index is 13.3. The van der Waals surface area contributed by atoms with Gasteiger partial charge in [0.05, 0.1) is 16.9 Å². The van der Waals surface area contributed by atoms with Crippen molar-refractivity contribution < 1.29 is 9.59 Å². The zero-order valence-electron chi connectivity index (χ0n) is 18.0. The number of hydrogen-bond acceptors (Lipinski definition) is 4. The molecule has 0 saturated carbocycles. The third kappa shape index (κ3) is 6.04. The minimum atomic E-state index is -0.354. The van der Waals surface area contributed by atoms with Crippen molar-refractivity contribution in [1.82, 2.24) is 0 Å². The summed E-state index contributed by atoms with van der Waals surface area (Å²) in [5, 5.41) is 0.469. The third-order valence-electron chi connectivity index (χ3n) is 5.41. The second kappa shape index (κ2) is 11.7. The Bertz CT molecular complexity index is 989. The molecule has 0 heterocycles. The van der Waals surface area contributed by atoms with Crippen LogP contribution in [0, 0.1) is 0 Å². The molecule has 0 unspecified atom stereocenters. The van der Waals surface area contributed by atoms with Gasteiger partial charge in [0.15, 0.2) is 0 Å². The SMILES string of the molecule is O=C(SCSC(=O)C(c1ccccc1)c1ccccc1)C(c1ccccc1)c1ccccc1. The molecule has 4 rings (SSSR count). The molecule has 0 atom stereocenters. The molecular formula is C29H24O2S2. The molecule has 0 spiro atoms. The van der Waals surface area contributed by atoms with Crippen LogP contribution in [0.3, 0.4) is 0 Å². The van der Waals surface area contributed by atoms with E-state index in [2.05, 4.69) is 0 Å². The van der Waals surface area contributed by atoms with E-state index in [1.165, 1.54) is 23.5 Å². The Hall–Kier alpha value is -3.08. The normalized spacial score (nSPS) is 11.0. The first-order valence-electron chi connectivity index (χ1n) is 10.8. The van der Waals surface area contributed by atoms with Crippen LogP contribution in [-0.2, 0) is 9.59 Å². The summed E-state index contributed by atoms with van der Waals surface area (Å²) in [5.74, 6) is -0.709. The maximum Gasteiger partial charge on any atom is 0.201 e. The first-order chi connectivity index (χ1) is 16.2. The van der Waals surface area contributed by atoms with Gasteiger partial charge >= 0.3 is 0 Å². The van der Waals surface area contributed by atoms with Crippen molar-refractivity contribution in [2.24, 2.45) is 0 Å². The van der Waals surface area contributed by atoms with Crippen LogP contribution in [0.15, 0.2) is 121 Å². The number of hydrogen-bond donors (Lipinski definition) is 0. The smallest absolute Gasteiger partial charge is 0.201 e. The Morgan fingerprint density at radius 2 is 0.697 bits per heavy atom. The molecule has 4 heteroatoms. The second-order valence-corrected chi connectivity index (χ2v) is 9.88. The molecule has 0 aromatic heterocycles. The summed E-state index contributed by atoms with van der Waals surface area (Å²) >= 11 is 2.43. The average molecular weight is 469 g/mol. The number of carbonyl (C=O) groups is 2. The highest BCUT2D eigenvalue weighted by molar-refractivity contribution is 8.29. The van der Waals surface area contributed by atoms with E-state index >= 15 is 0 Å². The van der Waals surface area contributed by atoms with Crippen LogP contribution in [0.5, 0.6) is 0 Å². The quantitative estimate of drug-likeness (QED) is 0.258. The Labute approximate surface area is 203 Å². The molecule has 0 aliphatic rings. The summed E-state index contributed by atoms with van der Waals surface area (Å²) in [6.07, 6.45) is 0. The zero-order chi connectivity index (χ0) is 22.9. The topological polar surface area (TPSA) is 34.1 Å². The summed E-state index contributed by atoms with van der Waals surface area (Å²) in [4.78, 5) is 26.5. The van der Waals surface area contributed by atoms with Gasteiger partial charge in [0.25, 0.3) is 0 Å². The van der Waals surface area contributed by atoms with Crippen LogP contribution in [0.2, 0.25) is 0 Å². The number of benzene rings is 4. The highest BCUT2D eigenvalue weighted by atomic mass is 32.2. The van der Waals surface area contributed by atoms with E-state index in [4.69, 9.17) is 0 Å². The average Bonchev–Trinajstić information content (AvgIpc) is 2.87. The number of rotatable bonds is 8. The lowest BCUT2D eigenvalue weighted by atomic mass is 9.92. The molecule has 2 nitrogen and oxygen atoms in total. The summed E-state index contributed by atoms with van der Waals surface area (Å²) in [6.45, 7) is 0. The Balaban J connectivity index is 1.47. The van der Waals surface area contributed by atoms with Crippen molar-refractivity contribution in [2.45, 2.75) is 11.8 Å². The fraction of sp³-hybridized carbons (Fsp3) is 0.103. The molecular weight excluding hydrogens is 444 g/mol. The predicted octanol–water partition coefficient (Wildman–Crippen LogP) is 7.13. The monoisotopic (exact) mass is 468 g/mol. The van der Waals surface area contributed by atoms with Gasteiger partial charge in [-0.3, -0.25) is 9.59 Å². The Morgan fingerprint density at radius 1 is 0.455 bits per heavy atom. The summed E-state index contributed by atoms with van der Waals surface area (Å²) in [5.41, 5.74) is 3.85. The standard InChI is InChI=1S/C29H24O2S2/c30-28(26(22-13-5-1-6-14-22)23-15-7-2-8-16-23)32-21-33-29(31)27(24-17-9-3-10-18-24)25-19-11-4-12-20-25/h1-20,26-27H,21H2. The van der Waals surface area contributed by atoms with E-state index in [0.29, 0.717) is 5.08 Å². The van der Waals surface area contributed by atoms with E-state index in [-0.39, 0.29) is 22.1 Å². The van der Waals surface area contributed by atoms with Crippen LogP contribution in [-0.4, -0.2) is 15.3 Å². The van der Waals surface area contributed by atoms with Crippen molar-refractivity contribution >= 4 is 33.8 Å². The van der Waals surface area contributed by atoms with Crippen molar-refractivity contribution in [3.8, 4) is 0 Å². The molecule has 4 aromatic carbocycles. The lowest BCUT2D eigenvalue weighted by molar-refractivity contribution is -0.112. The summed E-state index contributed by atoms with van der Waals surface area (Å²) in [6, 6.07) is 39.3. The zero-order valence-corrected chi connectivity index (χ0v) is 19.7. The van der Waals surface area contributed by atoms with Crippen molar-refractivity contribution in [3.05, 3.63) is 144 Å². The van der Waals surface area contributed by atoms with Gasteiger partial charge in [-0.25, -0.2) is 0 Å². The van der Waals surface area contributed by atoms with Gasteiger partial charge in [-0.1, -0.05) is 145 Å². The molecule has 0 N–H and O–H groups in total. The van der Waals surface area contributed by atoms with Gasteiger partial charge < -0.3 is 0 Å². The van der Waals surface area contributed by atoms with Crippen molar-refractivity contribution in [2.75, 3.05) is 5.08 Å². The second-order valence-electron chi connectivity index (χ2n) is 7.55. The molecule has 4 aromatic rings. The van der Waals surface area contributed by atoms with Gasteiger partial charge in [0, 0.05) is 0 Å². The highest BCUT2D eigenvalue weighted by Gasteiger charge is 2.26. The van der Waals surface area contributed by atoms with Crippen LogP contribution in [0.25, 0.3) is 0 Å². The lowest BCUT2D eigenvalue weighted by Crippen LogP contribution is -2.13. The van der Waals surface area contributed by atoms with Crippen LogP contribution in [0.4, 0.5) is 0 Å². The molecule has 0 aliphatic heterocycles. The minimum Gasteiger partial charge on any atom is -0.286 e. The molecule has 33 heavy (non-hydrogen) atoms. The van der Waals surface area contributed by atoms with E-state index < -0.39 is 0 Å². The molecule has 0 bridgehead atoms.